The number of aromatic nitrogens is 3. The summed E-state index contributed by atoms with van der Waals surface area (Å²) in [6.45, 7) is 0. The molecule has 0 spiro atoms. The van der Waals surface area contributed by atoms with Gasteiger partial charge in [-0.15, -0.1) is 0 Å². The van der Waals surface area contributed by atoms with Crippen molar-refractivity contribution in [3.63, 3.8) is 0 Å². The van der Waals surface area contributed by atoms with Gasteiger partial charge in [0.25, 0.3) is 0 Å². The lowest BCUT2D eigenvalue weighted by molar-refractivity contribution is 1.18. The van der Waals surface area contributed by atoms with Gasteiger partial charge in [-0.2, -0.15) is 0 Å². The molecule has 1 aliphatic carbocycles. The van der Waals surface area contributed by atoms with E-state index in [-0.39, 0.29) is 0 Å². The first-order valence-corrected chi connectivity index (χ1v) is 20.6. The molecule has 9 aromatic carbocycles. The summed E-state index contributed by atoms with van der Waals surface area (Å²) in [5.74, 6) is 0. The highest BCUT2D eigenvalue weighted by Crippen LogP contribution is 2.48. The van der Waals surface area contributed by atoms with Gasteiger partial charge in [0.1, 0.15) is 0 Å². The van der Waals surface area contributed by atoms with Gasteiger partial charge in [-0.1, -0.05) is 133 Å². The van der Waals surface area contributed by atoms with Crippen LogP contribution < -0.4 is 0 Å². The normalized spacial score (nSPS) is 12.0. The Hall–Kier alpha value is -8.01. The van der Waals surface area contributed by atoms with Crippen LogP contribution in [0.4, 0.5) is 0 Å². The SMILES string of the molecule is c1ccc(-c2cccc(-n3c4ccc(-c5ccc6c(c5)c5ccccc5n6-c5ccccc5)cc4c4cc(-c5cc6c7c(cccc7n5)-c5ccccc5-6)ccc43)c2)cc1. The predicted octanol–water partition coefficient (Wildman–Crippen LogP) is 15.1. The van der Waals surface area contributed by atoms with E-state index in [2.05, 4.69) is 221 Å². The molecule has 3 aromatic heterocycles. The van der Waals surface area contributed by atoms with Gasteiger partial charge in [0.2, 0.25) is 0 Å². The largest absolute Gasteiger partial charge is 0.309 e. The third-order valence-electron chi connectivity index (χ3n) is 12.6. The number of rotatable bonds is 5. The summed E-state index contributed by atoms with van der Waals surface area (Å²) in [5, 5.41) is 6.14. The Morgan fingerprint density at radius 3 is 1.53 bits per heavy atom. The standard InChI is InChI=1S/C57H35N3/c1-3-13-36(14-4-1)37-15-11-18-42(31-37)60-55-29-26-39(38-25-28-54-47(32-38)45-21-9-10-24-53(45)59(54)41-16-5-2-6-17-41)33-48(55)49-34-40(27-30-56(49)60)52-35-50-44-20-8-7-19-43(44)46-22-12-23-51(58-52)57(46)50/h1-35H. The smallest absolute Gasteiger partial charge is 0.0722 e. The van der Waals surface area contributed by atoms with Crippen molar-refractivity contribution in [1.82, 2.24) is 14.1 Å². The van der Waals surface area contributed by atoms with Crippen LogP contribution in [0.1, 0.15) is 0 Å². The van der Waals surface area contributed by atoms with Gasteiger partial charge in [-0.3, -0.25) is 0 Å². The van der Waals surface area contributed by atoms with Crippen LogP contribution in [0.5, 0.6) is 0 Å². The van der Waals surface area contributed by atoms with Gasteiger partial charge in [0, 0.05) is 43.9 Å². The molecule has 3 heteroatoms. The van der Waals surface area contributed by atoms with Crippen LogP contribution in [-0.4, -0.2) is 14.1 Å². The summed E-state index contributed by atoms with van der Waals surface area (Å²) in [6.07, 6.45) is 0. The highest BCUT2D eigenvalue weighted by atomic mass is 15.0. The molecule has 0 saturated carbocycles. The molecular weight excluding hydrogens is 727 g/mol. The van der Waals surface area contributed by atoms with Crippen molar-refractivity contribution in [2.45, 2.75) is 0 Å². The Morgan fingerprint density at radius 1 is 0.283 bits per heavy atom. The van der Waals surface area contributed by atoms with E-state index in [9.17, 15) is 0 Å². The second-order valence-corrected chi connectivity index (χ2v) is 15.9. The first-order valence-electron chi connectivity index (χ1n) is 20.6. The van der Waals surface area contributed by atoms with Crippen molar-refractivity contribution in [2.24, 2.45) is 0 Å². The molecule has 3 nitrogen and oxygen atoms in total. The zero-order valence-corrected chi connectivity index (χ0v) is 32.5. The van der Waals surface area contributed by atoms with E-state index in [0.717, 1.165) is 33.7 Å². The average molecular weight is 762 g/mol. The first kappa shape index (κ1) is 33.0. The van der Waals surface area contributed by atoms with E-state index in [0.29, 0.717) is 0 Å². The van der Waals surface area contributed by atoms with E-state index in [1.165, 1.54) is 88.0 Å². The third kappa shape index (κ3) is 4.87. The van der Waals surface area contributed by atoms with Crippen molar-refractivity contribution < 1.29 is 0 Å². The third-order valence-corrected chi connectivity index (χ3v) is 12.6. The lowest BCUT2D eigenvalue weighted by Gasteiger charge is -2.11. The molecule has 0 saturated heterocycles. The fourth-order valence-corrected chi connectivity index (χ4v) is 9.93. The highest BCUT2D eigenvalue weighted by molar-refractivity contribution is 6.16. The Bertz CT molecular complexity index is 3700. The number of pyridine rings is 1. The van der Waals surface area contributed by atoms with Crippen molar-refractivity contribution in [1.29, 1.82) is 0 Å². The second-order valence-electron chi connectivity index (χ2n) is 15.9. The zero-order chi connectivity index (χ0) is 39.3. The highest BCUT2D eigenvalue weighted by Gasteiger charge is 2.23. The minimum Gasteiger partial charge on any atom is -0.309 e. The number of fused-ring (bicyclic) bond motifs is 9. The summed E-state index contributed by atoms with van der Waals surface area (Å²) < 4.78 is 4.81. The van der Waals surface area contributed by atoms with Crippen LogP contribution >= 0.6 is 0 Å². The molecule has 0 atom stereocenters. The Morgan fingerprint density at radius 2 is 0.783 bits per heavy atom. The molecule has 0 unspecified atom stereocenters. The summed E-state index contributed by atoms with van der Waals surface area (Å²) in [6, 6.07) is 77.4. The molecule has 1 aliphatic rings. The van der Waals surface area contributed by atoms with Crippen molar-refractivity contribution in [2.75, 3.05) is 0 Å². The molecule has 60 heavy (non-hydrogen) atoms. The van der Waals surface area contributed by atoms with Crippen molar-refractivity contribution in [3.8, 4) is 67.1 Å². The molecule has 13 rings (SSSR count). The zero-order valence-electron chi connectivity index (χ0n) is 32.5. The number of hydrogen-bond acceptors (Lipinski definition) is 1. The van der Waals surface area contributed by atoms with Gasteiger partial charge < -0.3 is 9.13 Å². The monoisotopic (exact) mass is 761 g/mol. The number of benzene rings is 9. The molecular formula is C57H35N3. The summed E-state index contributed by atoms with van der Waals surface area (Å²) in [4.78, 5) is 5.32. The van der Waals surface area contributed by atoms with E-state index < -0.39 is 0 Å². The van der Waals surface area contributed by atoms with Gasteiger partial charge in [0.05, 0.1) is 33.3 Å². The molecule has 3 heterocycles. The maximum atomic E-state index is 5.32. The van der Waals surface area contributed by atoms with E-state index in [4.69, 9.17) is 4.98 Å². The van der Waals surface area contributed by atoms with Gasteiger partial charge in [0.15, 0.2) is 0 Å². The molecule has 0 fully saturated rings. The number of nitrogens with zero attached hydrogens (tertiary/aromatic N) is 3. The first-order chi connectivity index (χ1) is 29.7. The summed E-state index contributed by atoms with van der Waals surface area (Å²) in [7, 11) is 0. The minimum absolute atomic E-state index is 0.983. The molecule has 0 bridgehead atoms. The summed E-state index contributed by atoms with van der Waals surface area (Å²) >= 11 is 0. The van der Waals surface area contributed by atoms with Crippen LogP contribution in [0, 0.1) is 0 Å². The molecule has 0 aliphatic heterocycles. The van der Waals surface area contributed by atoms with E-state index in [1.54, 1.807) is 0 Å². The van der Waals surface area contributed by atoms with Crippen LogP contribution in [-0.2, 0) is 0 Å². The van der Waals surface area contributed by atoms with Gasteiger partial charge in [-0.05, 0) is 123 Å². The van der Waals surface area contributed by atoms with Gasteiger partial charge in [-0.25, -0.2) is 4.98 Å². The Balaban J connectivity index is 1.03. The molecule has 0 N–H and O–H groups in total. The van der Waals surface area contributed by atoms with E-state index >= 15 is 0 Å². The molecule has 12 aromatic rings. The lowest BCUT2D eigenvalue weighted by Crippen LogP contribution is -1.94. The lowest BCUT2D eigenvalue weighted by atomic mass is 9.99. The second kappa shape index (κ2) is 12.7. The van der Waals surface area contributed by atoms with Crippen molar-refractivity contribution in [3.05, 3.63) is 212 Å². The maximum Gasteiger partial charge on any atom is 0.0722 e. The van der Waals surface area contributed by atoms with E-state index in [1.807, 2.05) is 0 Å². The molecule has 278 valence electrons. The fourth-order valence-electron chi connectivity index (χ4n) is 9.93. The summed E-state index contributed by atoms with van der Waals surface area (Å²) in [5.41, 5.74) is 20.0. The Kier molecular flexibility index (Phi) is 7.01. The quantitative estimate of drug-likeness (QED) is 0.171. The number of para-hydroxylation sites is 2. The van der Waals surface area contributed by atoms with Crippen LogP contribution in [0.3, 0.4) is 0 Å². The average Bonchev–Trinajstić information content (AvgIpc) is 3.95. The Labute approximate surface area is 346 Å². The topological polar surface area (TPSA) is 22.8 Å². The number of hydrogen-bond donors (Lipinski definition) is 0. The molecule has 0 radical (unpaired) electrons. The predicted molar refractivity (Wildman–Crippen MR) is 251 cm³/mol. The van der Waals surface area contributed by atoms with Crippen LogP contribution in [0.25, 0.3) is 122 Å². The van der Waals surface area contributed by atoms with Crippen LogP contribution in [0.2, 0.25) is 0 Å². The van der Waals surface area contributed by atoms with Crippen LogP contribution in [0.15, 0.2) is 212 Å². The fraction of sp³-hybridized carbons (Fsp3) is 0. The maximum absolute atomic E-state index is 5.32. The minimum atomic E-state index is 0.983. The van der Waals surface area contributed by atoms with Gasteiger partial charge >= 0.3 is 0 Å². The van der Waals surface area contributed by atoms with Crippen molar-refractivity contribution >= 4 is 54.5 Å². The molecule has 0 amide bonds.